The fourth-order valence-corrected chi connectivity index (χ4v) is 2.07. The predicted octanol–water partition coefficient (Wildman–Crippen LogP) is 4.77. The SMILES string of the molecule is C=C(C)C(=O)OC(CCCCCCCCCC)C(=O)Cl. The molecule has 0 aliphatic heterocycles. The van der Waals surface area contributed by atoms with Gasteiger partial charge in [0.2, 0.25) is 0 Å². The highest BCUT2D eigenvalue weighted by atomic mass is 35.5. The second-order valence-corrected chi connectivity index (χ2v) is 5.61. The molecule has 1 atom stereocenters. The van der Waals surface area contributed by atoms with E-state index in [1.54, 1.807) is 6.92 Å². The predicted molar refractivity (Wildman–Crippen MR) is 82.8 cm³/mol. The largest absolute Gasteiger partial charge is 0.450 e. The Kier molecular flexibility index (Phi) is 11.5. The van der Waals surface area contributed by atoms with E-state index in [-0.39, 0.29) is 5.57 Å². The first kappa shape index (κ1) is 19.2. The number of halogens is 1. The van der Waals surface area contributed by atoms with Crippen LogP contribution in [0.3, 0.4) is 0 Å². The van der Waals surface area contributed by atoms with Crippen LogP contribution >= 0.6 is 11.6 Å². The number of carbonyl (C=O) groups excluding carboxylic acids is 2. The summed E-state index contributed by atoms with van der Waals surface area (Å²) < 4.78 is 5.01. The van der Waals surface area contributed by atoms with E-state index in [0.29, 0.717) is 6.42 Å². The Morgan fingerprint density at radius 1 is 1.05 bits per heavy atom. The second-order valence-electron chi connectivity index (χ2n) is 5.24. The lowest BCUT2D eigenvalue weighted by molar-refractivity contribution is -0.149. The minimum Gasteiger partial charge on any atom is -0.450 e. The monoisotopic (exact) mass is 302 g/mol. The van der Waals surface area contributed by atoms with Gasteiger partial charge in [0.05, 0.1) is 0 Å². The highest BCUT2D eigenvalue weighted by molar-refractivity contribution is 6.64. The summed E-state index contributed by atoms with van der Waals surface area (Å²) in [5, 5.41) is -0.609. The number of unbranched alkanes of at least 4 members (excludes halogenated alkanes) is 7. The van der Waals surface area contributed by atoms with Crippen LogP contribution in [0.1, 0.15) is 71.6 Å². The molecule has 0 N–H and O–H groups in total. The second kappa shape index (κ2) is 12.0. The lowest BCUT2D eigenvalue weighted by Crippen LogP contribution is -2.24. The Morgan fingerprint density at radius 2 is 1.55 bits per heavy atom. The Labute approximate surface area is 127 Å². The normalized spacial score (nSPS) is 11.9. The van der Waals surface area contributed by atoms with Gasteiger partial charge in [0.25, 0.3) is 5.24 Å². The average Bonchev–Trinajstić information content (AvgIpc) is 2.39. The molecule has 1 unspecified atom stereocenters. The molecule has 20 heavy (non-hydrogen) atoms. The van der Waals surface area contributed by atoms with Crippen LogP contribution in [0, 0.1) is 0 Å². The molecule has 0 saturated heterocycles. The molecule has 0 rings (SSSR count). The van der Waals surface area contributed by atoms with E-state index in [1.165, 1.54) is 32.1 Å². The third kappa shape index (κ3) is 10.0. The molecule has 0 aromatic heterocycles. The summed E-state index contributed by atoms with van der Waals surface area (Å²) in [5.74, 6) is -0.552. The number of ether oxygens (including phenoxy) is 1. The van der Waals surface area contributed by atoms with E-state index in [2.05, 4.69) is 13.5 Å². The quantitative estimate of drug-likeness (QED) is 0.226. The first-order valence-electron chi connectivity index (χ1n) is 7.54. The van der Waals surface area contributed by atoms with Gasteiger partial charge in [-0.25, -0.2) is 4.79 Å². The van der Waals surface area contributed by atoms with Crippen molar-refractivity contribution < 1.29 is 14.3 Å². The van der Waals surface area contributed by atoms with Gasteiger partial charge in [0.1, 0.15) is 0 Å². The molecule has 0 bridgehead atoms. The summed E-state index contributed by atoms with van der Waals surface area (Å²) in [7, 11) is 0. The lowest BCUT2D eigenvalue weighted by Gasteiger charge is -2.13. The standard InChI is InChI=1S/C16H27ClO3/c1-4-5-6-7-8-9-10-11-12-14(15(17)18)20-16(19)13(2)3/h14H,2,4-12H2,1,3H3. The van der Waals surface area contributed by atoms with Crippen LogP contribution < -0.4 is 0 Å². The molecule has 0 aliphatic rings. The molecule has 0 aliphatic carbocycles. The number of hydrogen-bond donors (Lipinski definition) is 0. The van der Waals surface area contributed by atoms with E-state index in [9.17, 15) is 9.59 Å². The van der Waals surface area contributed by atoms with Gasteiger partial charge < -0.3 is 4.74 Å². The van der Waals surface area contributed by atoms with Crippen LogP contribution in [-0.4, -0.2) is 17.3 Å². The first-order valence-corrected chi connectivity index (χ1v) is 7.92. The zero-order valence-corrected chi connectivity index (χ0v) is 13.5. The van der Waals surface area contributed by atoms with Crippen molar-refractivity contribution in [3.05, 3.63) is 12.2 Å². The van der Waals surface area contributed by atoms with Crippen molar-refractivity contribution >= 4 is 22.8 Å². The molecule has 4 heteroatoms. The summed E-state index contributed by atoms with van der Waals surface area (Å²) in [4.78, 5) is 22.6. The van der Waals surface area contributed by atoms with Crippen molar-refractivity contribution in [3.63, 3.8) is 0 Å². The molecule has 0 saturated carbocycles. The molecule has 0 fully saturated rings. The Morgan fingerprint density at radius 3 is 2.00 bits per heavy atom. The van der Waals surface area contributed by atoms with Crippen molar-refractivity contribution in [2.24, 2.45) is 0 Å². The maximum Gasteiger partial charge on any atom is 0.333 e. The Balaban J connectivity index is 3.74. The molecule has 0 radical (unpaired) electrons. The van der Waals surface area contributed by atoms with Crippen molar-refractivity contribution in [3.8, 4) is 0 Å². The molecule has 3 nitrogen and oxygen atoms in total. The van der Waals surface area contributed by atoms with Crippen molar-refractivity contribution in [1.29, 1.82) is 0 Å². The van der Waals surface area contributed by atoms with Gasteiger partial charge >= 0.3 is 5.97 Å². The van der Waals surface area contributed by atoms with Gasteiger partial charge in [-0.3, -0.25) is 4.79 Å². The number of rotatable bonds is 12. The molecule has 0 heterocycles. The molecule has 0 aromatic carbocycles. The van der Waals surface area contributed by atoms with Crippen LogP contribution in [0.4, 0.5) is 0 Å². The first-order chi connectivity index (χ1) is 9.49. The van der Waals surface area contributed by atoms with E-state index in [1.807, 2.05) is 0 Å². The molecular weight excluding hydrogens is 276 g/mol. The topological polar surface area (TPSA) is 43.4 Å². The van der Waals surface area contributed by atoms with E-state index < -0.39 is 17.3 Å². The van der Waals surface area contributed by atoms with Crippen molar-refractivity contribution in [1.82, 2.24) is 0 Å². The fourth-order valence-electron chi connectivity index (χ4n) is 1.91. The van der Waals surface area contributed by atoms with Crippen LogP contribution in [0.2, 0.25) is 0 Å². The van der Waals surface area contributed by atoms with Crippen molar-refractivity contribution in [2.75, 3.05) is 0 Å². The summed E-state index contributed by atoms with van der Waals surface area (Å²) in [5.41, 5.74) is 0.281. The van der Waals surface area contributed by atoms with Gasteiger partial charge in [-0.05, 0) is 31.4 Å². The summed E-state index contributed by atoms with van der Waals surface area (Å²) in [6, 6.07) is 0. The smallest absolute Gasteiger partial charge is 0.333 e. The number of hydrogen-bond acceptors (Lipinski definition) is 3. The third-order valence-electron chi connectivity index (χ3n) is 3.17. The third-order valence-corrected chi connectivity index (χ3v) is 3.41. The molecule has 0 aromatic rings. The minimum atomic E-state index is -0.832. The highest BCUT2D eigenvalue weighted by Gasteiger charge is 2.20. The minimum absolute atomic E-state index is 0.281. The van der Waals surface area contributed by atoms with E-state index >= 15 is 0 Å². The Bertz CT molecular complexity index is 313. The van der Waals surface area contributed by atoms with Gasteiger partial charge in [-0.15, -0.1) is 0 Å². The van der Waals surface area contributed by atoms with Gasteiger partial charge in [-0.1, -0.05) is 58.4 Å². The Hall–Kier alpha value is -0.830. The maximum atomic E-state index is 11.4. The number of carbonyl (C=O) groups is 2. The molecular formula is C16H27ClO3. The molecule has 0 spiro atoms. The van der Waals surface area contributed by atoms with Crippen LogP contribution in [-0.2, 0) is 14.3 Å². The lowest BCUT2D eigenvalue weighted by atomic mass is 10.1. The van der Waals surface area contributed by atoms with E-state index in [0.717, 1.165) is 19.3 Å². The fraction of sp³-hybridized carbons (Fsp3) is 0.750. The number of esters is 1. The summed E-state index contributed by atoms with van der Waals surface area (Å²) >= 11 is 5.44. The maximum absolute atomic E-state index is 11.4. The molecule has 116 valence electrons. The van der Waals surface area contributed by atoms with Crippen LogP contribution in [0.15, 0.2) is 12.2 Å². The van der Waals surface area contributed by atoms with Crippen LogP contribution in [0.25, 0.3) is 0 Å². The summed E-state index contributed by atoms with van der Waals surface area (Å²) in [6.45, 7) is 7.24. The van der Waals surface area contributed by atoms with Crippen molar-refractivity contribution in [2.45, 2.75) is 77.7 Å². The van der Waals surface area contributed by atoms with Gasteiger partial charge in [0, 0.05) is 5.57 Å². The average molecular weight is 303 g/mol. The molecule has 0 amide bonds. The zero-order valence-electron chi connectivity index (χ0n) is 12.8. The van der Waals surface area contributed by atoms with Crippen LogP contribution in [0.5, 0.6) is 0 Å². The summed E-state index contributed by atoms with van der Waals surface area (Å²) in [6.07, 6.45) is 9.07. The van der Waals surface area contributed by atoms with Gasteiger partial charge in [0.15, 0.2) is 6.10 Å². The van der Waals surface area contributed by atoms with Gasteiger partial charge in [-0.2, -0.15) is 0 Å². The van der Waals surface area contributed by atoms with E-state index in [4.69, 9.17) is 16.3 Å². The zero-order chi connectivity index (χ0) is 15.4. The highest BCUT2D eigenvalue weighted by Crippen LogP contribution is 2.14.